The molecule has 0 saturated heterocycles. The van der Waals surface area contributed by atoms with Crippen molar-refractivity contribution >= 4 is 0 Å². The molecular weight excluding hydrogens is 172 g/mol. The van der Waals surface area contributed by atoms with Crippen LogP contribution < -0.4 is 11.2 Å². The summed E-state index contributed by atoms with van der Waals surface area (Å²) < 4.78 is 0. The zero-order valence-corrected chi connectivity index (χ0v) is 6.97. The molecule has 0 radical (unpaired) electrons. The number of pyridine rings is 1. The van der Waals surface area contributed by atoms with Gasteiger partial charge in [-0.25, -0.2) is 0 Å². The Morgan fingerprint density at radius 2 is 2.23 bits per heavy atom. The van der Waals surface area contributed by atoms with Crippen LogP contribution in [0.3, 0.4) is 0 Å². The molecule has 0 fully saturated rings. The molecule has 0 aliphatic carbocycles. The third-order valence-corrected chi connectivity index (χ3v) is 1.72. The highest BCUT2D eigenvalue weighted by Crippen LogP contribution is 2.10. The van der Waals surface area contributed by atoms with E-state index in [1.807, 2.05) is 0 Å². The fraction of sp³-hybridized carbons (Fsp3) is 0.375. The molecule has 0 bridgehead atoms. The number of nitrogens with two attached hydrogens (primary N) is 1. The topological polar surface area (TPSA) is 99.3 Å². The Bertz CT molecular complexity index is 323. The number of aromatic nitrogens is 1. The molecule has 2 atom stereocenters. The molecule has 0 amide bonds. The van der Waals surface area contributed by atoms with Crippen LogP contribution in [0.5, 0.6) is 0 Å². The number of hydrogen-bond donors (Lipinski definition) is 4. The lowest BCUT2D eigenvalue weighted by atomic mass is 10.1. The summed E-state index contributed by atoms with van der Waals surface area (Å²) in [5.41, 5.74) is 5.19. The van der Waals surface area contributed by atoms with E-state index in [0.29, 0.717) is 0 Å². The van der Waals surface area contributed by atoms with Gasteiger partial charge in [0.05, 0.1) is 11.8 Å². The van der Waals surface area contributed by atoms with E-state index in [1.165, 1.54) is 18.3 Å². The molecule has 2 unspecified atom stereocenters. The van der Waals surface area contributed by atoms with Crippen molar-refractivity contribution < 1.29 is 10.2 Å². The Kier molecular flexibility index (Phi) is 3.18. The first-order valence-electron chi connectivity index (χ1n) is 3.90. The molecule has 1 heterocycles. The fourth-order valence-electron chi connectivity index (χ4n) is 0.970. The van der Waals surface area contributed by atoms with Gasteiger partial charge < -0.3 is 20.9 Å². The largest absolute Gasteiger partial charge is 0.389 e. The van der Waals surface area contributed by atoms with Gasteiger partial charge in [-0.3, -0.25) is 4.79 Å². The number of nitrogens with one attached hydrogen (secondary N) is 1. The summed E-state index contributed by atoms with van der Waals surface area (Å²) in [4.78, 5) is 13.5. The highest BCUT2D eigenvalue weighted by molar-refractivity contribution is 5.08. The number of aromatic amines is 1. The highest BCUT2D eigenvalue weighted by Gasteiger charge is 2.16. The van der Waals surface area contributed by atoms with Crippen molar-refractivity contribution in [1.82, 2.24) is 4.98 Å². The van der Waals surface area contributed by atoms with Gasteiger partial charge in [-0.2, -0.15) is 0 Å². The lowest BCUT2D eigenvalue weighted by Crippen LogP contribution is -2.28. The average molecular weight is 184 g/mol. The number of hydrogen-bond acceptors (Lipinski definition) is 4. The van der Waals surface area contributed by atoms with Crippen LogP contribution in [-0.2, 0) is 0 Å². The third-order valence-electron chi connectivity index (χ3n) is 1.72. The monoisotopic (exact) mass is 184 g/mol. The van der Waals surface area contributed by atoms with Crippen LogP contribution in [0.15, 0.2) is 23.1 Å². The summed E-state index contributed by atoms with van der Waals surface area (Å²) in [5, 5.41) is 18.6. The van der Waals surface area contributed by atoms with Gasteiger partial charge in [-0.15, -0.1) is 0 Å². The minimum atomic E-state index is -1.14. The van der Waals surface area contributed by atoms with Crippen LogP contribution in [0.2, 0.25) is 0 Å². The summed E-state index contributed by atoms with van der Waals surface area (Å²) in [5.74, 6) is 0. The first-order chi connectivity index (χ1) is 6.15. The molecule has 5 heteroatoms. The Labute approximate surface area is 74.8 Å². The minimum Gasteiger partial charge on any atom is -0.389 e. The number of aliphatic hydroxyl groups is 2. The lowest BCUT2D eigenvalue weighted by Gasteiger charge is -2.15. The van der Waals surface area contributed by atoms with Gasteiger partial charge in [0.25, 0.3) is 0 Å². The zero-order chi connectivity index (χ0) is 9.84. The van der Waals surface area contributed by atoms with Crippen LogP contribution in [-0.4, -0.2) is 27.8 Å². The van der Waals surface area contributed by atoms with E-state index < -0.39 is 12.2 Å². The van der Waals surface area contributed by atoms with Crippen LogP contribution in [0, 0.1) is 0 Å². The third kappa shape index (κ3) is 2.38. The van der Waals surface area contributed by atoms with E-state index in [0.717, 1.165) is 0 Å². The number of H-pyrrole nitrogens is 1. The summed E-state index contributed by atoms with van der Waals surface area (Å²) in [6.07, 6.45) is -0.790. The molecule has 1 rings (SSSR count). The lowest BCUT2D eigenvalue weighted by molar-refractivity contribution is 0.0217. The SMILES string of the molecule is NCC(O)C(O)c1cc(=O)cc[nH]1. The Morgan fingerprint density at radius 3 is 2.77 bits per heavy atom. The van der Waals surface area contributed by atoms with Gasteiger partial charge in [-0.05, 0) is 0 Å². The predicted octanol–water partition coefficient (Wildman–Crippen LogP) is -1.27. The van der Waals surface area contributed by atoms with Gasteiger partial charge >= 0.3 is 0 Å². The molecule has 5 N–H and O–H groups in total. The van der Waals surface area contributed by atoms with Crippen LogP contribution in [0.1, 0.15) is 11.8 Å². The second-order valence-electron chi connectivity index (χ2n) is 2.73. The van der Waals surface area contributed by atoms with Gasteiger partial charge in [0.1, 0.15) is 6.10 Å². The highest BCUT2D eigenvalue weighted by atomic mass is 16.3. The van der Waals surface area contributed by atoms with E-state index in [1.54, 1.807) is 0 Å². The van der Waals surface area contributed by atoms with E-state index >= 15 is 0 Å². The fourth-order valence-corrected chi connectivity index (χ4v) is 0.970. The molecular formula is C8H12N2O3. The minimum absolute atomic E-state index is 0.0574. The van der Waals surface area contributed by atoms with Gasteiger partial charge in [0.2, 0.25) is 0 Å². The molecule has 0 aliphatic heterocycles. The standard InChI is InChI=1S/C8H12N2O3/c9-4-7(12)8(13)6-3-5(11)1-2-10-6/h1-3,7-8,12-13H,4,9H2,(H,10,11). The van der Waals surface area contributed by atoms with E-state index in [9.17, 15) is 15.0 Å². The molecule has 1 aromatic rings. The van der Waals surface area contributed by atoms with Crippen molar-refractivity contribution in [1.29, 1.82) is 0 Å². The normalized spacial score (nSPS) is 15.3. The maximum atomic E-state index is 10.9. The van der Waals surface area contributed by atoms with E-state index in [2.05, 4.69) is 4.98 Å². The van der Waals surface area contributed by atoms with Crippen molar-refractivity contribution in [2.24, 2.45) is 5.73 Å². The quantitative estimate of drug-likeness (QED) is 0.470. The number of rotatable bonds is 3. The zero-order valence-electron chi connectivity index (χ0n) is 6.97. The molecule has 0 aliphatic rings. The first kappa shape index (κ1) is 9.91. The van der Waals surface area contributed by atoms with Gasteiger partial charge in [0.15, 0.2) is 5.43 Å². The molecule has 1 aromatic heterocycles. The van der Waals surface area contributed by atoms with Gasteiger partial charge in [0, 0.05) is 24.9 Å². The van der Waals surface area contributed by atoms with Crippen LogP contribution in [0.4, 0.5) is 0 Å². The van der Waals surface area contributed by atoms with Crippen molar-refractivity contribution in [2.45, 2.75) is 12.2 Å². The average Bonchev–Trinajstić information content (AvgIpc) is 2.15. The molecule has 5 nitrogen and oxygen atoms in total. The van der Waals surface area contributed by atoms with Crippen molar-refractivity contribution in [3.05, 3.63) is 34.2 Å². The summed E-state index contributed by atoms with van der Waals surface area (Å²) in [6.45, 7) is -0.0574. The van der Waals surface area contributed by atoms with Crippen molar-refractivity contribution in [2.75, 3.05) is 6.54 Å². The van der Waals surface area contributed by atoms with Gasteiger partial charge in [-0.1, -0.05) is 0 Å². The summed E-state index contributed by atoms with van der Waals surface area (Å²) >= 11 is 0. The molecule has 0 spiro atoms. The molecule has 0 aromatic carbocycles. The smallest absolute Gasteiger partial charge is 0.181 e. The Balaban J connectivity index is 2.88. The molecule has 72 valence electrons. The number of aliphatic hydroxyl groups excluding tert-OH is 2. The molecule has 13 heavy (non-hydrogen) atoms. The second-order valence-corrected chi connectivity index (χ2v) is 2.73. The maximum absolute atomic E-state index is 10.9. The van der Waals surface area contributed by atoms with Crippen LogP contribution in [0.25, 0.3) is 0 Å². The summed E-state index contributed by atoms with van der Waals surface area (Å²) in [7, 11) is 0. The van der Waals surface area contributed by atoms with Crippen LogP contribution >= 0.6 is 0 Å². The Morgan fingerprint density at radius 1 is 1.54 bits per heavy atom. The predicted molar refractivity (Wildman–Crippen MR) is 47.1 cm³/mol. The molecule has 0 saturated carbocycles. The maximum Gasteiger partial charge on any atom is 0.181 e. The Hall–Kier alpha value is -1.17. The summed E-state index contributed by atoms with van der Waals surface area (Å²) in [6, 6.07) is 2.55. The van der Waals surface area contributed by atoms with E-state index in [-0.39, 0.29) is 17.7 Å². The van der Waals surface area contributed by atoms with Crippen molar-refractivity contribution in [3.63, 3.8) is 0 Å². The first-order valence-corrected chi connectivity index (χ1v) is 3.90. The van der Waals surface area contributed by atoms with E-state index in [4.69, 9.17) is 5.73 Å². The second kappa shape index (κ2) is 4.18. The van der Waals surface area contributed by atoms with Crippen molar-refractivity contribution in [3.8, 4) is 0 Å².